The number of aryl methyl sites for hydroxylation is 1. The highest BCUT2D eigenvalue weighted by Crippen LogP contribution is 2.17. The maximum atomic E-state index is 12.6. The Labute approximate surface area is 162 Å². The van der Waals surface area contributed by atoms with Crippen LogP contribution in [0.3, 0.4) is 0 Å². The molecular weight excluding hydrogens is 366 g/mol. The molecule has 0 atom stereocenters. The van der Waals surface area contributed by atoms with Gasteiger partial charge in [0.2, 0.25) is 11.8 Å². The van der Waals surface area contributed by atoms with Gasteiger partial charge < -0.3 is 19.7 Å². The maximum Gasteiger partial charge on any atom is 0.325 e. The number of hydrogen-bond donors (Lipinski definition) is 1. The van der Waals surface area contributed by atoms with Crippen molar-refractivity contribution in [2.75, 3.05) is 32.7 Å². The normalized spacial score (nSPS) is 19.6. The minimum Gasteiger partial charge on any atom is -0.341 e. The van der Waals surface area contributed by atoms with Gasteiger partial charge in [-0.05, 0) is 20.3 Å². The van der Waals surface area contributed by atoms with Crippen molar-refractivity contribution in [3.05, 3.63) is 12.7 Å². The number of nitrogens with zero attached hydrogens (tertiary/aromatic N) is 6. The Balaban J connectivity index is 1.50. The molecular formula is C17H25N7O4. The lowest BCUT2D eigenvalue weighted by Gasteiger charge is -2.24. The largest absolute Gasteiger partial charge is 0.341 e. The van der Waals surface area contributed by atoms with Crippen LogP contribution in [-0.4, -0.2) is 91.5 Å². The Morgan fingerprint density at radius 1 is 1.04 bits per heavy atom. The molecule has 0 bridgehead atoms. The summed E-state index contributed by atoms with van der Waals surface area (Å²) in [5, 5.41) is 9.98. The third-order valence-corrected chi connectivity index (χ3v) is 4.99. The Hall–Kier alpha value is -2.98. The second-order valence-electron chi connectivity index (χ2n) is 7.51. The second-order valence-corrected chi connectivity index (χ2v) is 7.51. The standard InChI is InChI=1S/C17H25N7O4/c1-17(2)15(27)24(16(28)20-17)10-14(26)23-6-3-5-22(8-9-23)13(25)4-7-21-11-18-19-12-21/h11-12H,3-10H2,1-2H3,(H,20,28). The van der Waals surface area contributed by atoms with Crippen molar-refractivity contribution >= 4 is 23.8 Å². The van der Waals surface area contributed by atoms with Crippen LogP contribution >= 0.6 is 0 Å². The summed E-state index contributed by atoms with van der Waals surface area (Å²) in [6.45, 7) is 5.30. The van der Waals surface area contributed by atoms with Crippen LogP contribution in [0.25, 0.3) is 0 Å². The molecule has 1 aromatic heterocycles. The molecule has 0 saturated carbocycles. The van der Waals surface area contributed by atoms with Gasteiger partial charge in [-0.3, -0.25) is 19.3 Å². The fraction of sp³-hybridized carbons (Fsp3) is 0.647. The molecule has 2 aliphatic rings. The van der Waals surface area contributed by atoms with E-state index >= 15 is 0 Å². The van der Waals surface area contributed by atoms with Gasteiger partial charge in [0.25, 0.3) is 5.91 Å². The molecule has 28 heavy (non-hydrogen) atoms. The Kier molecular flexibility index (Phi) is 5.61. The lowest BCUT2D eigenvalue weighted by molar-refractivity contribution is -0.138. The average molecular weight is 391 g/mol. The lowest BCUT2D eigenvalue weighted by atomic mass is 10.1. The number of nitrogens with one attached hydrogen (secondary N) is 1. The molecule has 3 heterocycles. The summed E-state index contributed by atoms with van der Waals surface area (Å²) in [6, 6.07) is -0.552. The zero-order valence-electron chi connectivity index (χ0n) is 16.1. The molecule has 0 unspecified atom stereocenters. The molecule has 0 aliphatic carbocycles. The van der Waals surface area contributed by atoms with Crippen LogP contribution in [0.15, 0.2) is 12.7 Å². The number of imide groups is 1. The van der Waals surface area contributed by atoms with Crippen molar-refractivity contribution in [3.63, 3.8) is 0 Å². The SMILES string of the molecule is CC1(C)NC(=O)N(CC(=O)N2CCCN(C(=O)CCn3cnnc3)CC2)C1=O. The van der Waals surface area contributed by atoms with Gasteiger partial charge in [-0.25, -0.2) is 4.79 Å². The molecule has 0 aromatic carbocycles. The van der Waals surface area contributed by atoms with E-state index in [1.54, 1.807) is 40.9 Å². The Bertz CT molecular complexity index is 762. The summed E-state index contributed by atoms with van der Waals surface area (Å²) in [5.74, 6) is -0.690. The number of urea groups is 1. The molecule has 11 nitrogen and oxygen atoms in total. The summed E-state index contributed by atoms with van der Waals surface area (Å²) in [4.78, 5) is 53.5. The highest BCUT2D eigenvalue weighted by molar-refractivity contribution is 6.08. The van der Waals surface area contributed by atoms with Crippen LogP contribution in [-0.2, 0) is 20.9 Å². The number of hydrogen-bond acceptors (Lipinski definition) is 6. The summed E-state index contributed by atoms with van der Waals surface area (Å²) in [5.41, 5.74) is -0.996. The molecule has 152 valence electrons. The van der Waals surface area contributed by atoms with E-state index in [1.807, 2.05) is 0 Å². The number of aromatic nitrogens is 3. The number of carbonyl (C=O) groups is 4. The van der Waals surface area contributed by atoms with E-state index in [0.29, 0.717) is 45.6 Å². The molecule has 0 radical (unpaired) electrons. The van der Waals surface area contributed by atoms with E-state index < -0.39 is 17.5 Å². The molecule has 1 N–H and O–H groups in total. The first-order valence-corrected chi connectivity index (χ1v) is 9.30. The number of carbonyl (C=O) groups excluding carboxylic acids is 4. The van der Waals surface area contributed by atoms with Crippen molar-refractivity contribution in [3.8, 4) is 0 Å². The van der Waals surface area contributed by atoms with E-state index in [1.165, 1.54) is 0 Å². The van der Waals surface area contributed by atoms with Crippen LogP contribution in [0, 0.1) is 0 Å². The third-order valence-electron chi connectivity index (χ3n) is 4.99. The second kappa shape index (κ2) is 7.95. The lowest BCUT2D eigenvalue weighted by Crippen LogP contribution is -2.45. The van der Waals surface area contributed by atoms with Crippen molar-refractivity contribution in [1.29, 1.82) is 0 Å². The quantitative estimate of drug-likeness (QED) is 0.647. The van der Waals surface area contributed by atoms with Crippen LogP contribution in [0.4, 0.5) is 4.79 Å². The molecule has 0 spiro atoms. The first-order chi connectivity index (χ1) is 13.3. The third kappa shape index (κ3) is 4.29. The van der Waals surface area contributed by atoms with E-state index in [0.717, 1.165) is 4.90 Å². The van der Waals surface area contributed by atoms with Gasteiger partial charge in [0.05, 0.1) is 0 Å². The van der Waals surface area contributed by atoms with Gasteiger partial charge in [-0.15, -0.1) is 10.2 Å². The first-order valence-electron chi connectivity index (χ1n) is 9.30. The first kappa shape index (κ1) is 19.8. The predicted molar refractivity (Wildman–Crippen MR) is 96.7 cm³/mol. The molecule has 2 saturated heterocycles. The van der Waals surface area contributed by atoms with Gasteiger partial charge in [-0.1, -0.05) is 0 Å². The Morgan fingerprint density at radius 3 is 2.21 bits per heavy atom. The van der Waals surface area contributed by atoms with Gasteiger partial charge in [0.15, 0.2) is 0 Å². The summed E-state index contributed by atoms with van der Waals surface area (Å²) in [6.07, 6.45) is 4.11. The summed E-state index contributed by atoms with van der Waals surface area (Å²) >= 11 is 0. The number of rotatable bonds is 5. The minimum absolute atomic E-state index is 0.0128. The predicted octanol–water partition coefficient (Wildman–Crippen LogP) is -0.940. The Morgan fingerprint density at radius 2 is 1.64 bits per heavy atom. The molecule has 1 aromatic rings. The average Bonchev–Trinajstić information content (AvgIpc) is 3.12. The zero-order valence-corrected chi connectivity index (χ0v) is 16.1. The van der Waals surface area contributed by atoms with E-state index in [4.69, 9.17) is 0 Å². The zero-order chi connectivity index (χ0) is 20.3. The van der Waals surface area contributed by atoms with Crippen LogP contribution in [0.5, 0.6) is 0 Å². The maximum absolute atomic E-state index is 12.6. The van der Waals surface area contributed by atoms with Crippen LogP contribution in [0.1, 0.15) is 26.7 Å². The van der Waals surface area contributed by atoms with Gasteiger partial charge in [-0.2, -0.15) is 0 Å². The summed E-state index contributed by atoms with van der Waals surface area (Å²) in [7, 11) is 0. The molecule has 2 fully saturated rings. The highest BCUT2D eigenvalue weighted by atomic mass is 16.2. The molecule has 2 aliphatic heterocycles. The summed E-state index contributed by atoms with van der Waals surface area (Å²) < 4.78 is 1.74. The van der Waals surface area contributed by atoms with Crippen molar-refractivity contribution in [1.82, 2.24) is 34.8 Å². The van der Waals surface area contributed by atoms with Gasteiger partial charge >= 0.3 is 6.03 Å². The number of amides is 5. The van der Waals surface area contributed by atoms with Crippen LogP contribution < -0.4 is 5.32 Å². The molecule has 11 heteroatoms. The van der Waals surface area contributed by atoms with Crippen LogP contribution in [0.2, 0.25) is 0 Å². The van der Waals surface area contributed by atoms with Gasteiger partial charge in [0, 0.05) is 39.1 Å². The van der Waals surface area contributed by atoms with Crippen molar-refractivity contribution in [2.45, 2.75) is 38.8 Å². The fourth-order valence-corrected chi connectivity index (χ4v) is 3.33. The van der Waals surface area contributed by atoms with E-state index in [9.17, 15) is 19.2 Å². The van der Waals surface area contributed by atoms with E-state index in [2.05, 4.69) is 15.5 Å². The van der Waals surface area contributed by atoms with Crippen molar-refractivity contribution < 1.29 is 19.2 Å². The fourth-order valence-electron chi connectivity index (χ4n) is 3.33. The smallest absolute Gasteiger partial charge is 0.325 e. The monoisotopic (exact) mass is 391 g/mol. The minimum atomic E-state index is -0.996. The topological polar surface area (TPSA) is 121 Å². The van der Waals surface area contributed by atoms with Gasteiger partial charge in [0.1, 0.15) is 24.7 Å². The molecule has 5 amide bonds. The molecule has 3 rings (SSSR count). The van der Waals surface area contributed by atoms with E-state index in [-0.39, 0.29) is 18.4 Å². The van der Waals surface area contributed by atoms with Crippen molar-refractivity contribution in [2.24, 2.45) is 0 Å². The highest BCUT2D eigenvalue weighted by Gasteiger charge is 2.45.